The molecule has 0 saturated heterocycles. The monoisotopic (exact) mass is 368 g/mol. The van der Waals surface area contributed by atoms with Gasteiger partial charge in [-0.05, 0) is 18.1 Å². The number of aromatic amines is 1. The molecule has 3 heteroatoms. The van der Waals surface area contributed by atoms with Gasteiger partial charge in [0.2, 0.25) is 0 Å². The van der Waals surface area contributed by atoms with Crippen molar-refractivity contribution in [2.24, 2.45) is 0 Å². The molecule has 0 spiro atoms. The van der Waals surface area contributed by atoms with E-state index in [1.165, 1.54) is 5.56 Å². The highest BCUT2D eigenvalue weighted by Crippen LogP contribution is 2.32. The smallest absolute Gasteiger partial charge is 0.275 e. The van der Waals surface area contributed by atoms with Crippen LogP contribution in [0.5, 0.6) is 0 Å². The summed E-state index contributed by atoms with van der Waals surface area (Å²) >= 11 is 0. The Morgan fingerprint density at radius 1 is 0.714 bits per heavy atom. The second-order valence-corrected chi connectivity index (χ2v) is 7.21. The summed E-state index contributed by atoms with van der Waals surface area (Å²) in [7, 11) is 0. The van der Waals surface area contributed by atoms with Crippen molar-refractivity contribution in [1.29, 1.82) is 0 Å². The third-order valence-corrected chi connectivity index (χ3v) is 5.50. The van der Waals surface area contributed by atoms with Crippen molar-refractivity contribution >= 4 is 0 Å². The third kappa shape index (κ3) is 3.31. The number of rotatable bonds is 5. The summed E-state index contributed by atoms with van der Waals surface area (Å²) in [6.07, 6.45) is 0. The van der Waals surface area contributed by atoms with Crippen LogP contribution in [0, 0.1) is 0 Å². The summed E-state index contributed by atoms with van der Waals surface area (Å²) in [5, 5.41) is 3.42. The first kappa shape index (κ1) is 18.1. The minimum absolute atomic E-state index is 0.00479. The van der Waals surface area contributed by atoms with Crippen LogP contribution in [0.3, 0.4) is 0 Å². The van der Waals surface area contributed by atoms with Gasteiger partial charge in [-0.2, -0.15) is 0 Å². The summed E-state index contributed by atoms with van der Waals surface area (Å²) in [5.74, 6) is 0.199. The van der Waals surface area contributed by atoms with E-state index >= 15 is 0 Å². The van der Waals surface area contributed by atoms with E-state index in [1.807, 2.05) is 78.9 Å². The average Bonchev–Trinajstić information content (AvgIpc) is 3.11. The number of nitrogens with zero attached hydrogens (tertiary/aromatic N) is 1. The lowest BCUT2D eigenvalue weighted by atomic mass is 9.94. The van der Waals surface area contributed by atoms with Gasteiger partial charge in [-0.15, -0.1) is 0 Å². The van der Waals surface area contributed by atoms with Gasteiger partial charge in [-0.1, -0.05) is 97.9 Å². The maximum atomic E-state index is 13.5. The van der Waals surface area contributed by atoms with Gasteiger partial charge in [-0.3, -0.25) is 9.89 Å². The van der Waals surface area contributed by atoms with Crippen molar-refractivity contribution in [1.82, 2.24) is 9.78 Å². The summed E-state index contributed by atoms with van der Waals surface area (Å²) in [5.41, 5.74) is 4.76. The van der Waals surface area contributed by atoms with Crippen LogP contribution in [0.1, 0.15) is 31.4 Å². The molecule has 2 unspecified atom stereocenters. The Hall–Kier alpha value is -3.33. The summed E-state index contributed by atoms with van der Waals surface area (Å²) in [4.78, 5) is 13.5. The summed E-state index contributed by atoms with van der Waals surface area (Å²) in [6, 6.07) is 30.3. The van der Waals surface area contributed by atoms with Crippen LogP contribution in [0.2, 0.25) is 0 Å². The van der Waals surface area contributed by atoms with E-state index in [1.54, 1.807) is 4.68 Å². The molecule has 140 valence electrons. The molecular weight excluding hydrogens is 344 g/mol. The minimum atomic E-state index is -0.00479. The predicted molar refractivity (Wildman–Crippen MR) is 115 cm³/mol. The van der Waals surface area contributed by atoms with Crippen LogP contribution in [-0.2, 0) is 0 Å². The number of nitrogens with one attached hydrogen (secondary N) is 1. The van der Waals surface area contributed by atoms with Crippen LogP contribution in [0.15, 0.2) is 95.8 Å². The topological polar surface area (TPSA) is 37.8 Å². The molecule has 0 aliphatic rings. The van der Waals surface area contributed by atoms with E-state index in [2.05, 4.69) is 31.1 Å². The van der Waals surface area contributed by atoms with Crippen molar-refractivity contribution in [3.63, 3.8) is 0 Å². The molecule has 1 aromatic heterocycles. The Balaban J connectivity index is 1.86. The lowest BCUT2D eigenvalue weighted by Gasteiger charge is -2.21. The maximum Gasteiger partial charge on any atom is 0.275 e. The number of H-pyrrole nitrogens is 1. The molecular formula is C25H24N2O. The number of aromatic nitrogens is 2. The lowest BCUT2D eigenvalue weighted by molar-refractivity contribution is 0.418. The highest BCUT2D eigenvalue weighted by atomic mass is 16.1. The zero-order valence-corrected chi connectivity index (χ0v) is 16.2. The van der Waals surface area contributed by atoms with Gasteiger partial charge in [0, 0.05) is 11.5 Å². The minimum Gasteiger partial charge on any atom is -0.294 e. The van der Waals surface area contributed by atoms with Crippen molar-refractivity contribution in [3.05, 3.63) is 107 Å². The predicted octanol–water partition coefficient (Wildman–Crippen LogP) is 5.88. The first-order valence-corrected chi connectivity index (χ1v) is 9.67. The van der Waals surface area contributed by atoms with E-state index < -0.39 is 0 Å². The van der Waals surface area contributed by atoms with Gasteiger partial charge in [0.15, 0.2) is 0 Å². The van der Waals surface area contributed by atoms with Gasteiger partial charge in [-0.25, -0.2) is 4.68 Å². The Bertz CT molecular complexity index is 1100. The van der Waals surface area contributed by atoms with Crippen LogP contribution < -0.4 is 5.56 Å². The molecule has 0 bridgehead atoms. The quantitative estimate of drug-likeness (QED) is 0.470. The Morgan fingerprint density at radius 3 is 1.79 bits per heavy atom. The van der Waals surface area contributed by atoms with Gasteiger partial charge in [0.05, 0.1) is 17.3 Å². The Kier molecular flexibility index (Phi) is 4.98. The van der Waals surface area contributed by atoms with E-state index in [0.29, 0.717) is 0 Å². The molecule has 4 rings (SSSR count). The second kappa shape index (κ2) is 7.73. The van der Waals surface area contributed by atoms with Crippen LogP contribution in [-0.4, -0.2) is 9.78 Å². The second-order valence-electron chi connectivity index (χ2n) is 7.21. The Morgan fingerprint density at radius 2 is 1.21 bits per heavy atom. The molecule has 0 aliphatic heterocycles. The van der Waals surface area contributed by atoms with Crippen LogP contribution in [0.4, 0.5) is 0 Å². The molecule has 3 aromatic carbocycles. The van der Waals surface area contributed by atoms with Crippen molar-refractivity contribution in [3.8, 4) is 22.4 Å². The molecule has 0 fully saturated rings. The fourth-order valence-electron chi connectivity index (χ4n) is 3.69. The molecule has 0 amide bonds. The zero-order valence-electron chi connectivity index (χ0n) is 16.2. The highest BCUT2D eigenvalue weighted by molar-refractivity contribution is 5.80. The van der Waals surface area contributed by atoms with E-state index in [4.69, 9.17) is 0 Å². The maximum absolute atomic E-state index is 13.5. The molecule has 3 nitrogen and oxygen atoms in total. The SMILES string of the molecule is CC(c1ccccc1)C(C)n1[nH]c(-c2ccccc2)c(-c2ccccc2)c1=O. The van der Waals surface area contributed by atoms with Gasteiger partial charge in [0.25, 0.3) is 5.56 Å². The molecule has 4 aromatic rings. The zero-order chi connectivity index (χ0) is 19.5. The number of benzene rings is 3. The molecule has 28 heavy (non-hydrogen) atoms. The van der Waals surface area contributed by atoms with E-state index in [-0.39, 0.29) is 17.5 Å². The Labute approximate surface area is 165 Å². The molecule has 0 saturated carbocycles. The van der Waals surface area contributed by atoms with E-state index in [0.717, 1.165) is 22.4 Å². The van der Waals surface area contributed by atoms with Gasteiger partial charge >= 0.3 is 0 Å². The summed E-state index contributed by atoms with van der Waals surface area (Å²) < 4.78 is 1.78. The van der Waals surface area contributed by atoms with Crippen molar-refractivity contribution in [2.45, 2.75) is 25.8 Å². The fraction of sp³-hybridized carbons (Fsp3) is 0.160. The van der Waals surface area contributed by atoms with Crippen molar-refractivity contribution in [2.75, 3.05) is 0 Å². The average molecular weight is 368 g/mol. The third-order valence-electron chi connectivity index (χ3n) is 5.50. The largest absolute Gasteiger partial charge is 0.294 e. The van der Waals surface area contributed by atoms with Crippen molar-refractivity contribution < 1.29 is 0 Å². The molecule has 2 atom stereocenters. The standard InChI is InChI=1S/C25H24N2O/c1-18(20-12-6-3-7-13-20)19(2)27-25(28)23(21-14-8-4-9-15-21)24(26-27)22-16-10-5-11-17-22/h3-19,26H,1-2H3. The molecule has 1 heterocycles. The van der Waals surface area contributed by atoms with Crippen LogP contribution >= 0.6 is 0 Å². The lowest BCUT2D eigenvalue weighted by Crippen LogP contribution is -2.25. The summed E-state index contributed by atoms with van der Waals surface area (Å²) in [6.45, 7) is 4.26. The van der Waals surface area contributed by atoms with E-state index in [9.17, 15) is 4.79 Å². The van der Waals surface area contributed by atoms with Gasteiger partial charge in [0.1, 0.15) is 0 Å². The number of hydrogen-bond acceptors (Lipinski definition) is 1. The number of hydrogen-bond donors (Lipinski definition) is 1. The molecule has 0 aliphatic carbocycles. The van der Waals surface area contributed by atoms with Gasteiger partial charge < -0.3 is 0 Å². The molecule has 0 radical (unpaired) electrons. The van der Waals surface area contributed by atoms with Crippen LogP contribution in [0.25, 0.3) is 22.4 Å². The fourth-order valence-corrected chi connectivity index (χ4v) is 3.69. The first-order valence-electron chi connectivity index (χ1n) is 9.67. The first-order chi connectivity index (χ1) is 13.7. The normalized spacial score (nSPS) is 13.2. The molecule has 1 N–H and O–H groups in total. The highest BCUT2D eigenvalue weighted by Gasteiger charge is 2.23.